The summed E-state index contributed by atoms with van der Waals surface area (Å²) in [7, 11) is 0. The van der Waals surface area contributed by atoms with Crippen LogP contribution in [0.1, 0.15) is 51.9 Å². The highest BCUT2D eigenvalue weighted by Gasteiger charge is 2.55. The minimum atomic E-state index is 0.386. The van der Waals surface area contributed by atoms with Gasteiger partial charge in [0, 0.05) is 16.8 Å². The molecule has 1 aromatic heterocycles. The van der Waals surface area contributed by atoms with E-state index in [4.69, 9.17) is 4.74 Å². The van der Waals surface area contributed by atoms with Gasteiger partial charge < -0.3 is 4.74 Å². The Morgan fingerprint density at radius 3 is 2.89 bits per heavy atom. The molecular weight excluding hydrogens is 304 g/mol. The van der Waals surface area contributed by atoms with Crippen molar-refractivity contribution >= 4 is 15.9 Å². The molecule has 2 atom stereocenters. The van der Waals surface area contributed by atoms with Crippen LogP contribution >= 0.6 is 15.9 Å². The van der Waals surface area contributed by atoms with Crippen LogP contribution in [-0.2, 0) is 6.54 Å². The van der Waals surface area contributed by atoms with Crippen molar-refractivity contribution in [1.82, 2.24) is 9.78 Å². The van der Waals surface area contributed by atoms with Gasteiger partial charge >= 0.3 is 0 Å². The Balaban J connectivity index is 1.65. The highest BCUT2D eigenvalue weighted by Crippen LogP contribution is 2.56. The minimum Gasteiger partial charge on any atom is -0.486 e. The molecule has 0 N–H and O–H groups in total. The quantitative estimate of drug-likeness (QED) is 0.777. The normalized spacial score (nSPS) is 29.2. The average Bonchev–Trinajstić information content (AvgIpc) is 2.87. The number of ether oxygens (including phenoxy) is 1. The Bertz CT molecular complexity index is 426. The summed E-state index contributed by atoms with van der Waals surface area (Å²) in [6.45, 7) is 3.14. The molecule has 19 heavy (non-hydrogen) atoms. The summed E-state index contributed by atoms with van der Waals surface area (Å²) in [5.74, 6) is 0.947. The molecular formula is C15H23BrN2O. The second-order valence-electron chi connectivity index (χ2n) is 6.04. The summed E-state index contributed by atoms with van der Waals surface area (Å²) >= 11 is 3.86. The first-order chi connectivity index (χ1) is 9.24. The molecule has 1 aromatic rings. The zero-order chi connectivity index (χ0) is 13.3. The van der Waals surface area contributed by atoms with Gasteiger partial charge in [0.05, 0.1) is 12.4 Å². The van der Waals surface area contributed by atoms with Crippen molar-refractivity contribution in [2.45, 2.75) is 69.3 Å². The molecule has 0 bridgehead atoms. The molecule has 106 valence electrons. The molecule has 2 fully saturated rings. The Morgan fingerprint density at radius 2 is 2.21 bits per heavy atom. The average molecular weight is 327 g/mol. The van der Waals surface area contributed by atoms with Crippen molar-refractivity contribution in [3.8, 4) is 5.75 Å². The van der Waals surface area contributed by atoms with Crippen LogP contribution in [-0.4, -0.2) is 20.7 Å². The maximum atomic E-state index is 6.23. The molecule has 0 amide bonds. The van der Waals surface area contributed by atoms with E-state index in [1.807, 2.05) is 17.1 Å². The fourth-order valence-electron chi connectivity index (χ4n) is 3.63. The molecule has 0 aliphatic heterocycles. The standard InChI is InChI=1S/C15H23BrN2O/c1-2-8-18-11-12(10-17-18)19-14-9-13(16)15(14)6-4-3-5-7-15/h10-11,13-14H,2-9H2,1H3. The van der Waals surface area contributed by atoms with Gasteiger partial charge in [0.2, 0.25) is 0 Å². The van der Waals surface area contributed by atoms with Gasteiger partial charge in [0.15, 0.2) is 5.75 Å². The number of halogens is 1. The third-order valence-corrected chi connectivity index (χ3v) is 6.10. The predicted molar refractivity (Wildman–Crippen MR) is 79.8 cm³/mol. The van der Waals surface area contributed by atoms with E-state index in [9.17, 15) is 0 Å². The van der Waals surface area contributed by atoms with Gasteiger partial charge in [0.25, 0.3) is 0 Å². The van der Waals surface area contributed by atoms with Crippen LogP contribution in [0.15, 0.2) is 12.4 Å². The van der Waals surface area contributed by atoms with Crippen molar-refractivity contribution in [2.75, 3.05) is 0 Å². The van der Waals surface area contributed by atoms with Crippen molar-refractivity contribution in [1.29, 1.82) is 0 Å². The topological polar surface area (TPSA) is 27.1 Å². The lowest BCUT2D eigenvalue weighted by Gasteiger charge is -2.55. The Kier molecular flexibility index (Phi) is 3.88. The van der Waals surface area contributed by atoms with Gasteiger partial charge in [-0.2, -0.15) is 5.10 Å². The Labute approximate surface area is 123 Å². The number of rotatable bonds is 4. The maximum Gasteiger partial charge on any atom is 0.157 e. The fraction of sp³-hybridized carbons (Fsp3) is 0.800. The first kappa shape index (κ1) is 13.5. The number of aryl methyl sites for hydroxylation is 1. The fourth-order valence-corrected chi connectivity index (χ4v) is 4.72. The molecule has 2 saturated carbocycles. The van der Waals surface area contributed by atoms with Crippen molar-refractivity contribution in [3.63, 3.8) is 0 Å². The monoisotopic (exact) mass is 326 g/mol. The van der Waals surface area contributed by atoms with E-state index in [1.54, 1.807) is 0 Å². The third-order valence-electron chi connectivity index (χ3n) is 4.81. The zero-order valence-electron chi connectivity index (χ0n) is 11.6. The first-order valence-corrected chi connectivity index (χ1v) is 8.49. The summed E-state index contributed by atoms with van der Waals surface area (Å²) < 4.78 is 8.21. The Hall–Kier alpha value is -0.510. The van der Waals surface area contributed by atoms with Gasteiger partial charge in [-0.3, -0.25) is 4.68 Å². The van der Waals surface area contributed by atoms with E-state index in [0.717, 1.165) is 25.1 Å². The molecule has 4 heteroatoms. The summed E-state index contributed by atoms with van der Waals surface area (Å²) in [6, 6.07) is 0. The van der Waals surface area contributed by atoms with Gasteiger partial charge in [-0.1, -0.05) is 42.1 Å². The first-order valence-electron chi connectivity index (χ1n) is 7.58. The second kappa shape index (κ2) is 5.47. The molecule has 0 saturated heterocycles. The van der Waals surface area contributed by atoms with Crippen LogP contribution in [0.25, 0.3) is 0 Å². The molecule has 2 aliphatic carbocycles. The van der Waals surface area contributed by atoms with Crippen molar-refractivity contribution < 1.29 is 4.74 Å². The molecule has 3 rings (SSSR count). The molecule has 0 radical (unpaired) electrons. The lowest BCUT2D eigenvalue weighted by atomic mass is 9.58. The van der Waals surface area contributed by atoms with Gasteiger partial charge in [0.1, 0.15) is 6.10 Å². The second-order valence-corrected chi connectivity index (χ2v) is 7.15. The summed E-state index contributed by atoms with van der Waals surface area (Å²) in [5, 5.41) is 4.35. The molecule has 1 heterocycles. The lowest BCUT2D eigenvalue weighted by molar-refractivity contribution is -0.0601. The van der Waals surface area contributed by atoms with E-state index in [0.29, 0.717) is 16.3 Å². The van der Waals surface area contributed by atoms with Crippen LogP contribution in [0.5, 0.6) is 5.75 Å². The van der Waals surface area contributed by atoms with E-state index in [-0.39, 0.29) is 0 Å². The molecule has 2 aliphatic rings. The van der Waals surface area contributed by atoms with Crippen LogP contribution in [0.2, 0.25) is 0 Å². The number of nitrogens with zero attached hydrogens (tertiary/aromatic N) is 2. The van der Waals surface area contributed by atoms with Gasteiger partial charge in [-0.05, 0) is 25.7 Å². The van der Waals surface area contributed by atoms with Gasteiger partial charge in [-0.15, -0.1) is 0 Å². The number of hydrogen-bond acceptors (Lipinski definition) is 2. The van der Waals surface area contributed by atoms with E-state index in [1.165, 1.54) is 32.1 Å². The van der Waals surface area contributed by atoms with E-state index >= 15 is 0 Å². The smallest absolute Gasteiger partial charge is 0.157 e. The third kappa shape index (κ3) is 2.44. The van der Waals surface area contributed by atoms with E-state index < -0.39 is 0 Å². The van der Waals surface area contributed by atoms with E-state index in [2.05, 4.69) is 28.0 Å². The molecule has 1 spiro atoms. The number of alkyl halides is 1. The SMILES string of the molecule is CCCn1cc(OC2CC(Br)C23CCCCC3)cn1. The zero-order valence-corrected chi connectivity index (χ0v) is 13.2. The predicted octanol–water partition coefficient (Wildman–Crippen LogP) is 4.16. The molecule has 3 nitrogen and oxygen atoms in total. The van der Waals surface area contributed by atoms with Crippen LogP contribution in [0, 0.1) is 5.41 Å². The van der Waals surface area contributed by atoms with Crippen LogP contribution in [0.4, 0.5) is 0 Å². The minimum absolute atomic E-state index is 0.386. The van der Waals surface area contributed by atoms with Crippen molar-refractivity contribution in [2.24, 2.45) is 5.41 Å². The van der Waals surface area contributed by atoms with Crippen LogP contribution in [0.3, 0.4) is 0 Å². The van der Waals surface area contributed by atoms with Crippen molar-refractivity contribution in [3.05, 3.63) is 12.4 Å². The van der Waals surface area contributed by atoms with Gasteiger partial charge in [-0.25, -0.2) is 0 Å². The maximum absolute atomic E-state index is 6.23. The van der Waals surface area contributed by atoms with Crippen LogP contribution < -0.4 is 4.74 Å². The summed E-state index contributed by atoms with van der Waals surface area (Å²) in [6.07, 6.45) is 13.3. The summed E-state index contributed by atoms with van der Waals surface area (Å²) in [4.78, 5) is 0.649. The number of hydrogen-bond donors (Lipinski definition) is 0. The Morgan fingerprint density at radius 1 is 1.42 bits per heavy atom. The largest absolute Gasteiger partial charge is 0.486 e. The summed E-state index contributed by atoms with van der Waals surface area (Å²) in [5.41, 5.74) is 0.394. The lowest BCUT2D eigenvalue weighted by Crippen LogP contribution is -2.57. The highest BCUT2D eigenvalue weighted by molar-refractivity contribution is 9.09. The molecule has 2 unspecified atom stereocenters. The molecule has 0 aromatic carbocycles. The number of aromatic nitrogens is 2. The highest BCUT2D eigenvalue weighted by atomic mass is 79.9.